The lowest BCUT2D eigenvalue weighted by atomic mass is 10.2. The summed E-state index contributed by atoms with van der Waals surface area (Å²) in [4.78, 5) is 13.8. The summed E-state index contributed by atoms with van der Waals surface area (Å²) < 4.78 is 11.1. The van der Waals surface area contributed by atoms with Crippen molar-refractivity contribution in [3.8, 4) is 6.07 Å². The van der Waals surface area contributed by atoms with E-state index >= 15 is 0 Å². The molecule has 0 radical (unpaired) electrons. The number of morpholine rings is 1. The van der Waals surface area contributed by atoms with Gasteiger partial charge < -0.3 is 19.7 Å². The van der Waals surface area contributed by atoms with Gasteiger partial charge in [-0.05, 0) is 51.5 Å². The lowest BCUT2D eigenvalue weighted by molar-refractivity contribution is -0.0432. The zero-order chi connectivity index (χ0) is 17.6. The molecule has 0 bridgehead atoms. The lowest BCUT2D eigenvalue weighted by Gasteiger charge is -2.34. The monoisotopic (exact) mass is 331 g/mol. The van der Waals surface area contributed by atoms with Crippen molar-refractivity contribution < 1.29 is 14.3 Å². The van der Waals surface area contributed by atoms with Crippen LogP contribution in [0.5, 0.6) is 0 Å². The van der Waals surface area contributed by atoms with E-state index in [1.165, 1.54) is 0 Å². The van der Waals surface area contributed by atoms with Gasteiger partial charge in [-0.15, -0.1) is 0 Å². The average molecular weight is 331 g/mol. The Morgan fingerprint density at radius 3 is 2.75 bits per heavy atom. The number of carbonyl (C=O) groups excluding carboxylic acids is 1. The van der Waals surface area contributed by atoms with Crippen LogP contribution in [-0.4, -0.2) is 48.9 Å². The van der Waals surface area contributed by atoms with Gasteiger partial charge in [0.15, 0.2) is 0 Å². The number of hydrogen-bond donors (Lipinski definition) is 1. The fourth-order valence-corrected chi connectivity index (χ4v) is 2.43. The van der Waals surface area contributed by atoms with Crippen LogP contribution in [-0.2, 0) is 9.47 Å². The van der Waals surface area contributed by atoms with Gasteiger partial charge in [0.25, 0.3) is 0 Å². The number of amides is 1. The molecule has 0 saturated carbocycles. The molecule has 1 aromatic carbocycles. The topological polar surface area (TPSA) is 74.6 Å². The summed E-state index contributed by atoms with van der Waals surface area (Å²) in [5.74, 6) is 0. The second-order valence-corrected chi connectivity index (χ2v) is 6.82. The van der Waals surface area contributed by atoms with Gasteiger partial charge in [0.2, 0.25) is 0 Å². The summed E-state index contributed by atoms with van der Waals surface area (Å²) in [6, 6.07) is 9.42. The fourth-order valence-electron chi connectivity index (χ4n) is 2.43. The molecule has 6 nitrogen and oxygen atoms in total. The Hall–Kier alpha value is -2.26. The Balaban J connectivity index is 1.76. The number of nitrogens with zero attached hydrogens (tertiary/aromatic N) is 2. The summed E-state index contributed by atoms with van der Waals surface area (Å²) in [6.07, 6.45) is 0.507. The van der Waals surface area contributed by atoms with Crippen molar-refractivity contribution in [3.63, 3.8) is 0 Å². The first-order valence-corrected chi connectivity index (χ1v) is 8.21. The Kier molecular flexibility index (Phi) is 6.04. The molecule has 2 rings (SSSR count). The first kappa shape index (κ1) is 18.1. The largest absolute Gasteiger partial charge is 0.444 e. The smallest absolute Gasteiger partial charge is 0.410 e. The predicted octanol–water partition coefficient (Wildman–Crippen LogP) is 3.00. The molecule has 1 unspecified atom stereocenters. The normalized spacial score (nSPS) is 17.9. The molecule has 1 aromatic rings. The minimum Gasteiger partial charge on any atom is -0.444 e. The van der Waals surface area contributed by atoms with Gasteiger partial charge in [-0.3, -0.25) is 0 Å². The van der Waals surface area contributed by atoms with Crippen molar-refractivity contribution in [1.29, 1.82) is 5.26 Å². The quantitative estimate of drug-likeness (QED) is 0.918. The third-order valence-corrected chi connectivity index (χ3v) is 3.60. The van der Waals surface area contributed by atoms with E-state index < -0.39 is 5.60 Å². The van der Waals surface area contributed by atoms with Crippen molar-refractivity contribution in [2.24, 2.45) is 0 Å². The minimum atomic E-state index is -0.484. The molecule has 0 spiro atoms. The van der Waals surface area contributed by atoms with Crippen molar-refractivity contribution in [3.05, 3.63) is 29.8 Å². The van der Waals surface area contributed by atoms with Gasteiger partial charge in [0.1, 0.15) is 5.60 Å². The number of nitriles is 1. The van der Waals surface area contributed by atoms with Crippen LogP contribution in [0, 0.1) is 11.3 Å². The first-order chi connectivity index (χ1) is 11.4. The third kappa shape index (κ3) is 5.74. The number of hydrogen-bond acceptors (Lipinski definition) is 5. The Labute approximate surface area is 143 Å². The fraction of sp³-hybridized carbons (Fsp3) is 0.556. The molecule has 6 heteroatoms. The standard InChI is InChI=1S/C18H25N3O3/c1-18(2,3)24-17(22)21-10-11-23-16(13-21)8-9-20-15-6-4-14(12-19)5-7-15/h4-7,16,20H,8-11,13H2,1-3H3. The van der Waals surface area contributed by atoms with Crippen molar-refractivity contribution >= 4 is 11.8 Å². The highest BCUT2D eigenvalue weighted by atomic mass is 16.6. The maximum Gasteiger partial charge on any atom is 0.410 e. The Bertz CT molecular complexity index is 587. The molecule has 0 aliphatic carbocycles. The number of ether oxygens (including phenoxy) is 2. The Morgan fingerprint density at radius 2 is 2.12 bits per heavy atom. The molecule has 1 aliphatic heterocycles. The minimum absolute atomic E-state index is 0.00264. The highest BCUT2D eigenvalue weighted by Crippen LogP contribution is 2.15. The molecule has 1 N–H and O–H groups in total. The van der Waals surface area contributed by atoms with Crippen LogP contribution in [0.4, 0.5) is 10.5 Å². The van der Waals surface area contributed by atoms with Gasteiger partial charge in [-0.25, -0.2) is 4.79 Å². The summed E-state index contributed by atoms with van der Waals surface area (Å²) in [7, 11) is 0. The molecule has 130 valence electrons. The molecule has 1 atom stereocenters. The lowest BCUT2D eigenvalue weighted by Crippen LogP contribution is -2.47. The summed E-state index contributed by atoms with van der Waals surface area (Å²) in [6.45, 7) is 7.97. The van der Waals surface area contributed by atoms with Gasteiger partial charge in [-0.2, -0.15) is 5.26 Å². The summed E-state index contributed by atoms with van der Waals surface area (Å²) in [5, 5.41) is 12.1. The molecule has 1 aliphatic rings. The maximum absolute atomic E-state index is 12.1. The molecule has 1 fully saturated rings. The zero-order valence-corrected chi connectivity index (χ0v) is 14.5. The molecule has 0 aromatic heterocycles. The summed E-state index contributed by atoms with van der Waals surface area (Å²) in [5.41, 5.74) is 1.13. The number of benzene rings is 1. The van der Waals surface area contributed by atoms with Gasteiger partial charge in [-0.1, -0.05) is 0 Å². The van der Waals surface area contributed by atoms with E-state index in [1.54, 1.807) is 17.0 Å². The van der Waals surface area contributed by atoms with E-state index in [9.17, 15) is 4.79 Å². The second-order valence-electron chi connectivity index (χ2n) is 6.82. The van der Waals surface area contributed by atoms with Gasteiger partial charge >= 0.3 is 6.09 Å². The number of carbonyl (C=O) groups is 1. The van der Waals surface area contributed by atoms with Gasteiger partial charge in [0, 0.05) is 18.8 Å². The van der Waals surface area contributed by atoms with Crippen LogP contribution in [0.1, 0.15) is 32.8 Å². The van der Waals surface area contributed by atoms with E-state index in [1.807, 2.05) is 32.9 Å². The molecular weight excluding hydrogens is 306 g/mol. The SMILES string of the molecule is CC(C)(C)OC(=O)N1CCOC(CCNc2ccc(C#N)cc2)C1. The van der Waals surface area contributed by atoms with Crippen LogP contribution < -0.4 is 5.32 Å². The van der Waals surface area contributed by atoms with E-state index in [2.05, 4.69) is 11.4 Å². The van der Waals surface area contributed by atoms with E-state index in [0.717, 1.165) is 18.7 Å². The van der Waals surface area contributed by atoms with Crippen molar-refractivity contribution in [1.82, 2.24) is 4.90 Å². The van der Waals surface area contributed by atoms with E-state index in [0.29, 0.717) is 25.3 Å². The van der Waals surface area contributed by atoms with Crippen LogP contribution in [0.25, 0.3) is 0 Å². The van der Waals surface area contributed by atoms with Crippen molar-refractivity contribution in [2.75, 3.05) is 31.6 Å². The van der Waals surface area contributed by atoms with Crippen LogP contribution in [0.2, 0.25) is 0 Å². The van der Waals surface area contributed by atoms with Crippen LogP contribution in [0.15, 0.2) is 24.3 Å². The molecular formula is C18H25N3O3. The van der Waals surface area contributed by atoms with Gasteiger partial charge in [0.05, 0.1) is 30.9 Å². The molecule has 1 saturated heterocycles. The number of anilines is 1. The predicted molar refractivity (Wildman–Crippen MR) is 91.8 cm³/mol. The first-order valence-electron chi connectivity index (χ1n) is 8.21. The maximum atomic E-state index is 12.1. The number of rotatable bonds is 4. The van der Waals surface area contributed by atoms with E-state index in [-0.39, 0.29) is 12.2 Å². The number of nitrogens with one attached hydrogen (secondary N) is 1. The highest BCUT2D eigenvalue weighted by Gasteiger charge is 2.27. The molecule has 24 heavy (non-hydrogen) atoms. The second kappa shape index (κ2) is 8.02. The van der Waals surface area contributed by atoms with Crippen molar-refractivity contribution in [2.45, 2.75) is 38.9 Å². The van der Waals surface area contributed by atoms with Crippen LogP contribution >= 0.6 is 0 Å². The molecule has 1 heterocycles. The molecule has 1 amide bonds. The van der Waals surface area contributed by atoms with Crippen LogP contribution in [0.3, 0.4) is 0 Å². The Morgan fingerprint density at radius 1 is 1.42 bits per heavy atom. The zero-order valence-electron chi connectivity index (χ0n) is 14.5. The van der Waals surface area contributed by atoms with E-state index in [4.69, 9.17) is 14.7 Å². The highest BCUT2D eigenvalue weighted by molar-refractivity contribution is 5.68. The summed E-state index contributed by atoms with van der Waals surface area (Å²) >= 11 is 0. The third-order valence-electron chi connectivity index (χ3n) is 3.60. The average Bonchev–Trinajstić information content (AvgIpc) is 2.54.